The number of hydrogen-bond donors (Lipinski definition) is 3. The molecule has 0 aliphatic heterocycles. The number of ether oxygens (including phenoxy) is 9. The zero-order chi connectivity index (χ0) is 76.1. The minimum Gasteiger partial charge on any atom is -0.463 e. The van der Waals surface area contributed by atoms with Gasteiger partial charge in [0.15, 0.2) is 12.6 Å². The van der Waals surface area contributed by atoms with Gasteiger partial charge < -0.3 is 58.0 Å². The molecule has 0 saturated heterocycles. The van der Waals surface area contributed by atoms with E-state index in [9.17, 15) is 28.8 Å². The Kier molecular flexibility index (Phi) is 94.2. The monoisotopic (exact) mass is 1630 g/mol. The van der Waals surface area contributed by atoms with Crippen molar-refractivity contribution in [2.75, 3.05) is 59.5 Å². The maximum Gasteiger partial charge on any atom is 0.311 e. The van der Waals surface area contributed by atoms with Crippen LogP contribution in [0.15, 0.2) is 0 Å². The molecule has 0 amide bonds. The lowest BCUT2D eigenvalue weighted by Crippen LogP contribution is -2.35. The summed E-state index contributed by atoms with van der Waals surface area (Å²) in [6, 6.07) is 0. The standard InChI is InChI=1S/C16H30O3.C15H28O3.2C14H26O3.2C12H22O3.12CH4/c1-6-13-10-14(11(3)4)8-9-15(13)16(17)19-12(5)18-7-2;1-5-14(17-6-2)18-15(16)13-9-7-8-12(10-13)11(3)4;1-5-16-11(4)17-14(15)13-8-6-12(7-9-13)10(2)3;1-4-11-9-12(10(2)3)5-6-13(11)14(16)17-8-7-15;1-9(2)10-3-5-11(6-4-10)12(14)15-8-7-13;1-9(2)10-4-3-5-11(8-10)12(14)15-7-6-13;;;;;;;;;;;;/h11-15H,6-10H2,1-5H3;11-14H,5-10H2,1-4H3;10-13H,5-9H2,1-4H3;10-13,15H,4-9H2,1-3H3;2*9-11,13H,3-8H2,1-2H3;12*1H4. The second-order valence-corrected chi connectivity index (χ2v) is 32.0. The number of aliphatic hydroxyl groups excluding tert-OH is 3. The largest absolute Gasteiger partial charge is 0.463 e. The van der Waals surface area contributed by atoms with Crippen molar-refractivity contribution in [3.05, 3.63) is 0 Å². The van der Waals surface area contributed by atoms with Gasteiger partial charge in [0.05, 0.1) is 55.3 Å². The summed E-state index contributed by atoms with van der Waals surface area (Å²) in [5.41, 5.74) is 0. The molecule has 0 aromatic carbocycles. The molecule has 18 heteroatoms. The molecule has 18 nitrogen and oxygen atoms in total. The van der Waals surface area contributed by atoms with E-state index < -0.39 is 12.6 Å². The predicted molar refractivity (Wildman–Crippen MR) is 481 cm³/mol. The second-order valence-electron chi connectivity index (χ2n) is 32.0. The quantitative estimate of drug-likeness (QED) is 0.0344. The van der Waals surface area contributed by atoms with Crippen molar-refractivity contribution in [2.24, 2.45) is 118 Å². The molecule has 0 bridgehead atoms. The molecule has 113 heavy (non-hydrogen) atoms. The molecule has 6 saturated carbocycles. The van der Waals surface area contributed by atoms with E-state index in [2.05, 4.69) is 96.9 Å². The van der Waals surface area contributed by atoms with Crippen molar-refractivity contribution in [3.63, 3.8) is 0 Å². The van der Waals surface area contributed by atoms with E-state index in [0.29, 0.717) is 67.2 Å². The van der Waals surface area contributed by atoms with E-state index in [1.807, 2.05) is 27.7 Å². The minimum absolute atomic E-state index is 0. The average molecular weight is 1630 g/mol. The van der Waals surface area contributed by atoms with Crippen LogP contribution in [0.25, 0.3) is 0 Å². The molecule has 13 atom stereocenters. The first-order valence-electron chi connectivity index (χ1n) is 40.8. The Hall–Kier alpha value is -3.42. The number of esters is 6. The summed E-state index contributed by atoms with van der Waals surface area (Å²) in [7, 11) is 0. The van der Waals surface area contributed by atoms with Crippen LogP contribution in [0.5, 0.6) is 0 Å². The highest BCUT2D eigenvalue weighted by Gasteiger charge is 2.39. The van der Waals surface area contributed by atoms with Crippen molar-refractivity contribution in [1.82, 2.24) is 0 Å². The highest BCUT2D eigenvalue weighted by atomic mass is 16.7. The fourth-order valence-corrected chi connectivity index (χ4v) is 15.9. The van der Waals surface area contributed by atoms with Gasteiger partial charge in [-0.05, 0) is 233 Å². The SMILES string of the molecule is C.C.C.C.C.C.C.C.C.C.C.C.CC(C)C1CCC(C(=O)OCCO)CC1.CC(C)C1CCCC(C(=O)OCCO)C1.CCC1CC(C(C)C)CCC1C(=O)OCCO.CCOC(C)OC(=O)C1CCC(C(C)C)CC1.CCOC(C)OC(=O)C1CCC(C(C)C)CC1CC.CCOC(CC)OC(=O)C1CCCC(C(C)C)C1. The molecule has 0 radical (unpaired) electrons. The third kappa shape index (κ3) is 55.1. The summed E-state index contributed by atoms with van der Waals surface area (Å²) in [5, 5.41) is 25.8. The van der Waals surface area contributed by atoms with E-state index in [-0.39, 0.29) is 206 Å². The smallest absolute Gasteiger partial charge is 0.311 e. The van der Waals surface area contributed by atoms with Crippen LogP contribution in [0, 0.1) is 118 Å². The Bertz CT molecular complexity index is 2150. The molecular weight excluding hydrogens is 1430 g/mol. The normalized spacial score (nSPS) is 24.6. The van der Waals surface area contributed by atoms with Crippen molar-refractivity contribution >= 4 is 35.8 Å². The van der Waals surface area contributed by atoms with Crippen LogP contribution >= 0.6 is 0 Å². The van der Waals surface area contributed by atoms with Crippen LogP contribution in [0.1, 0.15) is 388 Å². The van der Waals surface area contributed by atoms with E-state index >= 15 is 0 Å². The number of carbonyl (C=O) groups is 6. The first-order chi connectivity index (χ1) is 48.0. The number of rotatable bonds is 30. The summed E-state index contributed by atoms with van der Waals surface area (Å²) >= 11 is 0. The van der Waals surface area contributed by atoms with E-state index in [1.165, 1.54) is 12.8 Å². The van der Waals surface area contributed by atoms with Gasteiger partial charge >= 0.3 is 35.8 Å². The van der Waals surface area contributed by atoms with Crippen LogP contribution in [0.2, 0.25) is 0 Å². The second kappa shape index (κ2) is 78.4. The molecule has 0 heterocycles. The van der Waals surface area contributed by atoms with Gasteiger partial charge in [0.1, 0.15) is 19.8 Å². The summed E-state index contributed by atoms with van der Waals surface area (Å²) < 4.78 is 47.0. The molecule has 6 fully saturated rings. The van der Waals surface area contributed by atoms with Crippen LogP contribution in [-0.2, 0) is 71.4 Å². The van der Waals surface area contributed by atoms with E-state index in [4.69, 9.17) is 58.0 Å². The Morgan fingerprint density at radius 2 is 0.566 bits per heavy atom. The molecule has 0 aromatic rings. The maximum atomic E-state index is 12.2. The highest BCUT2D eigenvalue weighted by molar-refractivity contribution is 5.75. The molecule has 3 N–H and O–H groups in total. The molecule has 0 aromatic heterocycles. The predicted octanol–water partition coefficient (Wildman–Crippen LogP) is 25.4. The van der Waals surface area contributed by atoms with Gasteiger partial charge in [-0.2, -0.15) is 0 Å². The third-order valence-electron chi connectivity index (χ3n) is 23.0. The van der Waals surface area contributed by atoms with Gasteiger partial charge in [-0.1, -0.05) is 232 Å². The topological polar surface area (TPSA) is 246 Å². The van der Waals surface area contributed by atoms with Gasteiger partial charge in [-0.25, -0.2) is 0 Å². The van der Waals surface area contributed by atoms with E-state index in [1.54, 1.807) is 13.8 Å². The Morgan fingerprint density at radius 1 is 0.292 bits per heavy atom. The van der Waals surface area contributed by atoms with Crippen molar-refractivity contribution in [2.45, 2.75) is 407 Å². The van der Waals surface area contributed by atoms with Gasteiger partial charge in [0.25, 0.3) is 0 Å². The van der Waals surface area contributed by atoms with Crippen LogP contribution in [0.3, 0.4) is 0 Å². The van der Waals surface area contributed by atoms with Crippen LogP contribution in [-0.4, -0.2) is 129 Å². The summed E-state index contributed by atoms with van der Waals surface area (Å²) in [4.78, 5) is 71.2. The zero-order valence-corrected chi connectivity index (χ0v) is 67.8. The number of hydrogen-bond acceptors (Lipinski definition) is 18. The molecule has 0 spiro atoms. The van der Waals surface area contributed by atoms with Crippen molar-refractivity contribution in [1.29, 1.82) is 0 Å². The van der Waals surface area contributed by atoms with Gasteiger partial charge in [-0.3, -0.25) is 28.8 Å². The molecular formula is C95H202O18. The van der Waals surface area contributed by atoms with Crippen LogP contribution in [0.4, 0.5) is 0 Å². The highest BCUT2D eigenvalue weighted by Crippen LogP contribution is 2.43. The molecule has 690 valence electrons. The minimum atomic E-state index is -0.419. The molecule has 6 rings (SSSR count). The summed E-state index contributed by atoms with van der Waals surface area (Å²) in [5.74, 6) is 9.43. The fraction of sp³-hybridized carbons (Fsp3) is 0.937. The first kappa shape index (κ1) is 136. The summed E-state index contributed by atoms with van der Waals surface area (Å²) in [6.07, 6.45) is 25.2. The lowest BCUT2D eigenvalue weighted by Gasteiger charge is -2.36. The molecule has 6 aliphatic rings. The lowest BCUT2D eigenvalue weighted by atomic mass is 9.70. The summed E-state index contributed by atoms with van der Waals surface area (Å²) in [6.45, 7) is 44.6. The van der Waals surface area contributed by atoms with Gasteiger partial charge in [0.2, 0.25) is 6.29 Å². The molecule has 6 aliphatic carbocycles. The van der Waals surface area contributed by atoms with Gasteiger partial charge in [0, 0.05) is 26.2 Å². The third-order valence-corrected chi connectivity index (χ3v) is 23.0. The van der Waals surface area contributed by atoms with E-state index in [0.717, 1.165) is 183 Å². The lowest BCUT2D eigenvalue weighted by molar-refractivity contribution is -0.185. The van der Waals surface area contributed by atoms with Crippen molar-refractivity contribution in [3.8, 4) is 0 Å². The molecule has 13 unspecified atom stereocenters. The van der Waals surface area contributed by atoms with Gasteiger partial charge in [-0.15, -0.1) is 0 Å². The Morgan fingerprint density at radius 3 is 0.876 bits per heavy atom. The van der Waals surface area contributed by atoms with Crippen molar-refractivity contribution < 1.29 is 86.7 Å². The maximum absolute atomic E-state index is 12.2. The van der Waals surface area contributed by atoms with Crippen LogP contribution < -0.4 is 0 Å². The number of carbonyl (C=O) groups excluding carboxylic acids is 6. The Labute approximate surface area is 703 Å². The Balaban J connectivity index is -0.000000106. The zero-order valence-electron chi connectivity index (χ0n) is 67.8. The number of aliphatic hydroxyl groups is 3. The fourth-order valence-electron chi connectivity index (χ4n) is 15.9. The average Bonchev–Trinajstić information content (AvgIpc) is 0.828. The first-order valence-corrected chi connectivity index (χ1v) is 40.8.